The molecule has 1 atom stereocenters. The number of nitrogens with one attached hydrogen (secondary N) is 2. The number of aromatic amines is 1. The van der Waals surface area contributed by atoms with Crippen molar-refractivity contribution in [3.63, 3.8) is 0 Å². The molecule has 1 aromatic heterocycles. The van der Waals surface area contributed by atoms with Gasteiger partial charge in [-0.15, -0.1) is 0 Å². The third-order valence-corrected chi connectivity index (χ3v) is 3.07. The van der Waals surface area contributed by atoms with Crippen LogP contribution in [0.3, 0.4) is 0 Å². The van der Waals surface area contributed by atoms with Gasteiger partial charge in [0, 0.05) is 28.7 Å². The van der Waals surface area contributed by atoms with Gasteiger partial charge in [0.2, 0.25) is 5.91 Å². The highest BCUT2D eigenvalue weighted by Crippen LogP contribution is 2.22. The van der Waals surface area contributed by atoms with Crippen LogP contribution in [0.4, 0.5) is 0 Å². The van der Waals surface area contributed by atoms with Gasteiger partial charge >= 0.3 is 0 Å². The first-order valence-corrected chi connectivity index (χ1v) is 6.24. The Balaban J connectivity index is 2.04. The molecule has 0 spiro atoms. The first-order chi connectivity index (χ1) is 8.58. The number of amides is 1. The molecule has 5 heteroatoms. The highest BCUT2D eigenvalue weighted by Gasteiger charge is 2.07. The van der Waals surface area contributed by atoms with Crippen LogP contribution in [-0.4, -0.2) is 23.5 Å². The van der Waals surface area contributed by atoms with Gasteiger partial charge in [-0.1, -0.05) is 11.6 Å². The fourth-order valence-electron chi connectivity index (χ4n) is 1.84. The molecule has 0 saturated carbocycles. The summed E-state index contributed by atoms with van der Waals surface area (Å²) in [6, 6.07) is 5.25. The second kappa shape index (κ2) is 5.42. The molecule has 0 radical (unpaired) electrons. The van der Waals surface area contributed by atoms with E-state index in [2.05, 4.69) is 10.3 Å². The van der Waals surface area contributed by atoms with Gasteiger partial charge in [-0.3, -0.25) is 4.79 Å². The van der Waals surface area contributed by atoms with E-state index in [9.17, 15) is 4.79 Å². The van der Waals surface area contributed by atoms with E-state index in [4.69, 9.17) is 17.3 Å². The first-order valence-electron chi connectivity index (χ1n) is 5.86. The van der Waals surface area contributed by atoms with Crippen LogP contribution in [0.25, 0.3) is 10.9 Å². The molecule has 0 unspecified atom stereocenters. The van der Waals surface area contributed by atoms with Crippen LogP contribution in [0.1, 0.15) is 12.5 Å². The van der Waals surface area contributed by atoms with Crippen molar-refractivity contribution in [2.45, 2.75) is 19.4 Å². The number of halogens is 1. The number of hydrogen-bond acceptors (Lipinski definition) is 2. The normalized spacial score (nSPS) is 12.6. The van der Waals surface area contributed by atoms with E-state index in [0.29, 0.717) is 11.6 Å². The molecule has 96 valence electrons. The SMILES string of the molecule is C[C@@H](N)C(=O)NCCc1c[nH]c2ccc(Cl)cc12. The Morgan fingerprint density at radius 1 is 1.56 bits per heavy atom. The van der Waals surface area contributed by atoms with Crippen LogP contribution in [0.5, 0.6) is 0 Å². The third-order valence-electron chi connectivity index (χ3n) is 2.84. The maximum atomic E-state index is 11.3. The van der Waals surface area contributed by atoms with Crippen molar-refractivity contribution in [2.24, 2.45) is 5.73 Å². The number of benzene rings is 1. The molecule has 1 aromatic carbocycles. The molecule has 4 nitrogen and oxygen atoms in total. The van der Waals surface area contributed by atoms with Gasteiger partial charge in [-0.2, -0.15) is 0 Å². The van der Waals surface area contributed by atoms with Crippen molar-refractivity contribution < 1.29 is 4.79 Å². The lowest BCUT2D eigenvalue weighted by Gasteiger charge is -2.07. The fraction of sp³-hybridized carbons (Fsp3) is 0.308. The van der Waals surface area contributed by atoms with E-state index in [1.165, 1.54) is 0 Å². The van der Waals surface area contributed by atoms with Crippen molar-refractivity contribution in [1.29, 1.82) is 0 Å². The monoisotopic (exact) mass is 265 g/mol. The van der Waals surface area contributed by atoms with Gasteiger partial charge in [-0.05, 0) is 37.1 Å². The lowest BCUT2D eigenvalue weighted by Crippen LogP contribution is -2.39. The molecule has 0 fully saturated rings. The number of carbonyl (C=O) groups excluding carboxylic acids is 1. The van der Waals surface area contributed by atoms with Crippen molar-refractivity contribution >= 4 is 28.4 Å². The molecular formula is C13H16ClN3O. The molecule has 1 heterocycles. The first kappa shape index (κ1) is 12.9. The number of rotatable bonds is 4. The minimum absolute atomic E-state index is 0.132. The van der Waals surface area contributed by atoms with Crippen molar-refractivity contribution in [1.82, 2.24) is 10.3 Å². The zero-order valence-electron chi connectivity index (χ0n) is 10.2. The minimum Gasteiger partial charge on any atom is -0.361 e. The molecule has 0 saturated heterocycles. The van der Waals surface area contributed by atoms with E-state index < -0.39 is 6.04 Å². The number of H-pyrrole nitrogens is 1. The van der Waals surface area contributed by atoms with E-state index in [1.54, 1.807) is 6.92 Å². The molecular weight excluding hydrogens is 250 g/mol. The summed E-state index contributed by atoms with van der Waals surface area (Å²) in [7, 11) is 0. The van der Waals surface area contributed by atoms with Crippen LogP contribution in [0.15, 0.2) is 24.4 Å². The van der Waals surface area contributed by atoms with Gasteiger partial charge in [0.05, 0.1) is 6.04 Å². The fourth-order valence-corrected chi connectivity index (χ4v) is 2.01. The molecule has 0 aliphatic carbocycles. The topological polar surface area (TPSA) is 70.9 Å². The largest absolute Gasteiger partial charge is 0.361 e. The van der Waals surface area contributed by atoms with Crippen LogP contribution in [0.2, 0.25) is 5.02 Å². The summed E-state index contributed by atoms with van der Waals surface area (Å²) in [6.45, 7) is 2.24. The van der Waals surface area contributed by atoms with Crippen molar-refractivity contribution in [3.05, 3.63) is 35.0 Å². The Bertz CT molecular complexity index is 562. The predicted octanol–water partition coefficient (Wildman–Crippen LogP) is 1.83. The van der Waals surface area contributed by atoms with Crippen molar-refractivity contribution in [3.8, 4) is 0 Å². The summed E-state index contributed by atoms with van der Waals surface area (Å²) >= 11 is 5.97. The van der Waals surface area contributed by atoms with Gasteiger partial charge < -0.3 is 16.0 Å². The molecule has 18 heavy (non-hydrogen) atoms. The lowest BCUT2D eigenvalue weighted by molar-refractivity contribution is -0.121. The summed E-state index contributed by atoms with van der Waals surface area (Å²) in [6.07, 6.45) is 2.69. The molecule has 0 bridgehead atoms. The molecule has 0 aliphatic heterocycles. The highest BCUT2D eigenvalue weighted by atomic mass is 35.5. The zero-order chi connectivity index (χ0) is 13.1. The highest BCUT2D eigenvalue weighted by molar-refractivity contribution is 6.31. The summed E-state index contributed by atoms with van der Waals surface area (Å²) < 4.78 is 0. The Morgan fingerprint density at radius 3 is 3.06 bits per heavy atom. The molecule has 2 aromatic rings. The van der Waals surface area contributed by atoms with Crippen LogP contribution >= 0.6 is 11.6 Å². The van der Waals surface area contributed by atoms with Crippen molar-refractivity contribution in [2.75, 3.05) is 6.54 Å². The number of fused-ring (bicyclic) bond motifs is 1. The maximum absolute atomic E-state index is 11.3. The summed E-state index contributed by atoms with van der Waals surface area (Å²) in [5.74, 6) is -0.132. The predicted molar refractivity (Wildman–Crippen MR) is 73.7 cm³/mol. The lowest BCUT2D eigenvalue weighted by atomic mass is 10.1. The average Bonchev–Trinajstić information content (AvgIpc) is 2.71. The number of aromatic nitrogens is 1. The Kier molecular flexibility index (Phi) is 3.89. The zero-order valence-corrected chi connectivity index (χ0v) is 10.9. The maximum Gasteiger partial charge on any atom is 0.236 e. The van der Waals surface area contributed by atoms with Gasteiger partial charge in [-0.25, -0.2) is 0 Å². The number of nitrogens with two attached hydrogens (primary N) is 1. The Labute approximate surface area is 111 Å². The van der Waals surface area contributed by atoms with Crippen LogP contribution < -0.4 is 11.1 Å². The third kappa shape index (κ3) is 2.83. The molecule has 1 amide bonds. The van der Waals surface area contributed by atoms with E-state index in [1.807, 2.05) is 24.4 Å². The van der Waals surface area contributed by atoms with Crippen LogP contribution in [0, 0.1) is 0 Å². The van der Waals surface area contributed by atoms with Crippen LogP contribution in [-0.2, 0) is 11.2 Å². The van der Waals surface area contributed by atoms with Gasteiger partial charge in [0.1, 0.15) is 0 Å². The average molecular weight is 266 g/mol. The summed E-state index contributed by atoms with van der Waals surface area (Å²) in [4.78, 5) is 14.5. The molecule has 0 aliphatic rings. The standard InChI is InChI=1S/C13H16ClN3O/c1-8(15)13(18)16-5-4-9-7-17-12-3-2-10(14)6-11(9)12/h2-3,6-8,17H,4-5,15H2,1H3,(H,16,18)/t8-/m1/s1. The van der Waals surface area contributed by atoms with E-state index in [-0.39, 0.29) is 5.91 Å². The summed E-state index contributed by atoms with van der Waals surface area (Å²) in [5, 5.41) is 4.59. The smallest absolute Gasteiger partial charge is 0.236 e. The summed E-state index contributed by atoms with van der Waals surface area (Å²) in [5.41, 5.74) is 7.66. The quantitative estimate of drug-likeness (QED) is 0.789. The molecule has 4 N–H and O–H groups in total. The molecule has 2 rings (SSSR count). The Hall–Kier alpha value is -1.52. The van der Waals surface area contributed by atoms with E-state index >= 15 is 0 Å². The van der Waals surface area contributed by atoms with E-state index in [0.717, 1.165) is 22.9 Å². The second-order valence-corrected chi connectivity index (χ2v) is 4.77. The number of carbonyl (C=O) groups is 1. The van der Waals surface area contributed by atoms with Gasteiger partial charge in [0.15, 0.2) is 0 Å². The Morgan fingerprint density at radius 2 is 2.33 bits per heavy atom. The number of hydrogen-bond donors (Lipinski definition) is 3. The van der Waals surface area contributed by atoms with Gasteiger partial charge in [0.25, 0.3) is 0 Å². The minimum atomic E-state index is -0.470. The second-order valence-electron chi connectivity index (χ2n) is 4.33.